The van der Waals surface area contributed by atoms with Gasteiger partial charge in [0, 0.05) is 11.6 Å². The molecule has 21 heavy (non-hydrogen) atoms. The molecule has 4 nitrogen and oxygen atoms in total. The van der Waals surface area contributed by atoms with Crippen LogP contribution in [0.25, 0.3) is 0 Å². The van der Waals surface area contributed by atoms with Crippen LogP contribution in [0.15, 0.2) is 18.2 Å². The van der Waals surface area contributed by atoms with E-state index in [4.69, 9.17) is 23.2 Å². The molecule has 1 fully saturated rings. The van der Waals surface area contributed by atoms with Gasteiger partial charge >= 0.3 is 6.03 Å². The van der Waals surface area contributed by atoms with Crippen LogP contribution in [0.3, 0.4) is 0 Å². The van der Waals surface area contributed by atoms with Gasteiger partial charge in [-0.15, -0.1) is 0 Å². The second-order valence-corrected chi connectivity index (χ2v) is 6.10. The Hall–Kier alpha value is -0.970. The van der Waals surface area contributed by atoms with Crippen molar-refractivity contribution >= 4 is 34.9 Å². The lowest BCUT2D eigenvalue weighted by Gasteiger charge is -2.26. The van der Waals surface area contributed by atoms with Gasteiger partial charge in [-0.25, -0.2) is 4.79 Å². The molecule has 6 heteroatoms. The van der Waals surface area contributed by atoms with Crippen LogP contribution in [-0.2, 0) is 0 Å². The highest BCUT2D eigenvalue weighted by Crippen LogP contribution is 2.25. The molecule has 2 rings (SSSR count). The minimum absolute atomic E-state index is 0.252. The molecule has 2 N–H and O–H groups in total. The first kappa shape index (κ1) is 16.4. The van der Waals surface area contributed by atoms with Crippen molar-refractivity contribution < 1.29 is 4.79 Å². The molecule has 1 aliphatic heterocycles. The van der Waals surface area contributed by atoms with E-state index in [0.29, 0.717) is 22.3 Å². The van der Waals surface area contributed by atoms with Gasteiger partial charge in [-0.1, -0.05) is 29.6 Å². The number of carbonyl (C=O) groups is 1. The minimum atomic E-state index is -0.252. The fourth-order valence-electron chi connectivity index (χ4n) is 2.45. The van der Waals surface area contributed by atoms with Gasteiger partial charge in [-0.3, -0.25) is 0 Å². The maximum atomic E-state index is 11.8. The third kappa shape index (κ3) is 5.73. The van der Waals surface area contributed by atoms with Crippen molar-refractivity contribution in [1.29, 1.82) is 0 Å². The number of halogens is 2. The van der Waals surface area contributed by atoms with E-state index >= 15 is 0 Å². The third-order valence-corrected chi connectivity index (χ3v) is 4.13. The van der Waals surface area contributed by atoms with Crippen molar-refractivity contribution in [2.24, 2.45) is 0 Å². The number of carbonyl (C=O) groups excluding carboxylic acids is 1. The summed E-state index contributed by atoms with van der Waals surface area (Å²) in [4.78, 5) is 14.2. The van der Waals surface area contributed by atoms with Crippen molar-refractivity contribution in [2.45, 2.75) is 25.7 Å². The zero-order valence-electron chi connectivity index (χ0n) is 12.0. The average Bonchev–Trinajstić information content (AvgIpc) is 2.48. The maximum Gasteiger partial charge on any atom is 0.319 e. The van der Waals surface area contributed by atoms with Crippen LogP contribution in [0.2, 0.25) is 10.0 Å². The highest BCUT2D eigenvalue weighted by Gasteiger charge is 2.10. The Morgan fingerprint density at radius 1 is 1.19 bits per heavy atom. The molecule has 0 bridgehead atoms. The van der Waals surface area contributed by atoms with Gasteiger partial charge in [0.15, 0.2) is 0 Å². The van der Waals surface area contributed by atoms with E-state index in [1.165, 1.54) is 32.4 Å². The van der Waals surface area contributed by atoms with E-state index in [0.717, 1.165) is 13.0 Å². The number of likely N-dealkylation sites (tertiary alicyclic amines) is 1. The predicted molar refractivity (Wildman–Crippen MR) is 88.4 cm³/mol. The van der Waals surface area contributed by atoms with E-state index in [2.05, 4.69) is 15.5 Å². The smallest absolute Gasteiger partial charge is 0.319 e. The first-order valence-electron chi connectivity index (χ1n) is 7.37. The van der Waals surface area contributed by atoms with E-state index in [-0.39, 0.29) is 6.03 Å². The van der Waals surface area contributed by atoms with Crippen molar-refractivity contribution in [3.8, 4) is 0 Å². The second-order valence-electron chi connectivity index (χ2n) is 5.26. The van der Waals surface area contributed by atoms with E-state index in [1.54, 1.807) is 18.2 Å². The molecular formula is C15H21Cl2N3O. The molecule has 0 atom stereocenters. The van der Waals surface area contributed by atoms with Gasteiger partial charge in [-0.2, -0.15) is 0 Å². The summed E-state index contributed by atoms with van der Waals surface area (Å²) in [5.74, 6) is 0. The fraction of sp³-hybridized carbons (Fsp3) is 0.533. The maximum absolute atomic E-state index is 11.8. The largest absolute Gasteiger partial charge is 0.338 e. The van der Waals surface area contributed by atoms with Gasteiger partial charge in [-0.05, 0) is 57.1 Å². The third-order valence-electron chi connectivity index (χ3n) is 3.56. The Morgan fingerprint density at radius 3 is 2.71 bits per heavy atom. The molecule has 0 aromatic heterocycles. The highest BCUT2D eigenvalue weighted by molar-refractivity contribution is 6.35. The summed E-state index contributed by atoms with van der Waals surface area (Å²) in [6.45, 7) is 4.06. The molecule has 1 aliphatic rings. The van der Waals surface area contributed by atoms with E-state index in [9.17, 15) is 4.79 Å². The number of benzene rings is 1. The molecule has 116 valence electrons. The normalized spacial score (nSPS) is 15.7. The zero-order chi connectivity index (χ0) is 15.1. The molecule has 2 amide bonds. The topological polar surface area (TPSA) is 44.4 Å². The van der Waals surface area contributed by atoms with Crippen LogP contribution >= 0.6 is 23.2 Å². The van der Waals surface area contributed by atoms with Crippen LogP contribution in [0.4, 0.5) is 10.5 Å². The molecule has 0 radical (unpaired) electrons. The van der Waals surface area contributed by atoms with E-state index in [1.807, 2.05) is 0 Å². The summed E-state index contributed by atoms with van der Waals surface area (Å²) >= 11 is 11.9. The number of amides is 2. The lowest BCUT2D eigenvalue weighted by Crippen LogP contribution is -2.34. The summed E-state index contributed by atoms with van der Waals surface area (Å²) in [5.41, 5.74) is 0.526. The Morgan fingerprint density at radius 2 is 1.95 bits per heavy atom. The molecule has 1 heterocycles. The second kappa shape index (κ2) is 8.47. The van der Waals surface area contributed by atoms with Crippen LogP contribution in [0.1, 0.15) is 25.7 Å². The predicted octanol–water partition coefficient (Wildman–Crippen LogP) is 3.99. The van der Waals surface area contributed by atoms with Crippen LogP contribution in [-0.4, -0.2) is 37.1 Å². The van der Waals surface area contributed by atoms with Crippen molar-refractivity contribution in [1.82, 2.24) is 10.2 Å². The van der Waals surface area contributed by atoms with Gasteiger partial charge in [0.2, 0.25) is 0 Å². The Balaban J connectivity index is 1.66. The summed E-state index contributed by atoms with van der Waals surface area (Å²) in [5, 5.41) is 6.56. The van der Waals surface area contributed by atoms with Crippen molar-refractivity contribution in [3.63, 3.8) is 0 Å². The number of piperidine rings is 1. The first-order valence-corrected chi connectivity index (χ1v) is 8.13. The molecule has 0 saturated carbocycles. The summed E-state index contributed by atoms with van der Waals surface area (Å²) in [6.07, 6.45) is 4.89. The number of anilines is 1. The first-order chi connectivity index (χ1) is 10.1. The number of hydrogen-bond donors (Lipinski definition) is 2. The lowest BCUT2D eigenvalue weighted by atomic mass is 10.1. The standard InChI is InChI=1S/C15H21Cl2N3O/c16-12-5-6-13(17)14(11-12)19-15(21)18-7-4-10-20-8-2-1-3-9-20/h5-6,11H,1-4,7-10H2,(H2,18,19,21). The number of nitrogens with one attached hydrogen (secondary N) is 2. The van der Waals surface area contributed by atoms with Crippen molar-refractivity contribution in [3.05, 3.63) is 28.2 Å². The SMILES string of the molecule is O=C(NCCCN1CCCCC1)Nc1cc(Cl)ccc1Cl. The molecular weight excluding hydrogens is 309 g/mol. The van der Waals surface area contributed by atoms with Gasteiger partial charge in [0.1, 0.15) is 0 Å². The van der Waals surface area contributed by atoms with Crippen LogP contribution in [0.5, 0.6) is 0 Å². The number of urea groups is 1. The number of nitrogens with zero attached hydrogens (tertiary/aromatic N) is 1. The van der Waals surface area contributed by atoms with E-state index < -0.39 is 0 Å². The molecule has 1 saturated heterocycles. The summed E-state index contributed by atoms with van der Waals surface area (Å²) in [7, 11) is 0. The summed E-state index contributed by atoms with van der Waals surface area (Å²) < 4.78 is 0. The fourth-order valence-corrected chi connectivity index (χ4v) is 2.78. The van der Waals surface area contributed by atoms with Crippen molar-refractivity contribution in [2.75, 3.05) is 31.5 Å². The number of hydrogen-bond acceptors (Lipinski definition) is 2. The Labute approximate surface area is 135 Å². The molecule has 0 aliphatic carbocycles. The molecule has 1 aromatic rings. The average molecular weight is 330 g/mol. The Kier molecular flexibility index (Phi) is 6.61. The highest BCUT2D eigenvalue weighted by atomic mass is 35.5. The molecule has 1 aromatic carbocycles. The molecule has 0 spiro atoms. The number of rotatable bonds is 5. The summed E-state index contributed by atoms with van der Waals surface area (Å²) in [6, 6.07) is 4.73. The quantitative estimate of drug-likeness (QED) is 0.802. The Bertz CT molecular complexity index is 476. The lowest BCUT2D eigenvalue weighted by molar-refractivity contribution is 0.224. The van der Waals surface area contributed by atoms with Crippen LogP contribution < -0.4 is 10.6 Å². The molecule has 0 unspecified atom stereocenters. The minimum Gasteiger partial charge on any atom is -0.338 e. The van der Waals surface area contributed by atoms with Crippen LogP contribution in [0, 0.1) is 0 Å². The van der Waals surface area contributed by atoms with Gasteiger partial charge in [0.05, 0.1) is 10.7 Å². The van der Waals surface area contributed by atoms with Gasteiger partial charge in [0.25, 0.3) is 0 Å². The zero-order valence-corrected chi connectivity index (χ0v) is 13.5. The monoisotopic (exact) mass is 329 g/mol. The van der Waals surface area contributed by atoms with Gasteiger partial charge < -0.3 is 15.5 Å².